The summed E-state index contributed by atoms with van der Waals surface area (Å²) in [6.07, 6.45) is 1.73. The monoisotopic (exact) mass is 237 g/mol. The van der Waals surface area contributed by atoms with E-state index in [1.54, 1.807) is 6.21 Å². The van der Waals surface area contributed by atoms with E-state index in [0.717, 1.165) is 16.8 Å². The molecule has 3 heteroatoms. The van der Waals surface area contributed by atoms with Gasteiger partial charge in [0, 0.05) is 28.7 Å². The minimum absolute atomic E-state index is 0.461. The van der Waals surface area contributed by atoms with Crippen LogP contribution in [-0.4, -0.2) is 6.21 Å². The molecule has 0 unspecified atom stereocenters. The summed E-state index contributed by atoms with van der Waals surface area (Å²) in [6, 6.07) is 15.3. The Labute approximate surface area is 106 Å². The minimum Gasteiger partial charge on any atom is -0.399 e. The minimum atomic E-state index is 0.461. The molecule has 0 fully saturated rings. The summed E-state index contributed by atoms with van der Waals surface area (Å²) in [7, 11) is 0. The topological polar surface area (TPSA) is 64.4 Å². The summed E-state index contributed by atoms with van der Waals surface area (Å²) < 4.78 is 0. The van der Waals surface area contributed by atoms with Crippen LogP contribution < -0.4 is 11.5 Å². The maximum Gasteiger partial charge on any atom is 0.0629 e. The molecule has 0 atom stereocenters. The fourth-order valence-corrected chi connectivity index (χ4v) is 1.63. The van der Waals surface area contributed by atoms with Gasteiger partial charge in [0.1, 0.15) is 0 Å². The van der Waals surface area contributed by atoms with Gasteiger partial charge in [-0.1, -0.05) is 43.0 Å². The van der Waals surface area contributed by atoms with Gasteiger partial charge in [0.15, 0.2) is 0 Å². The Hall–Kier alpha value is -2.55. The first kappa shape index (κ1) is 11.9. The first-order chi connectivity index (χ1) is 8.68. The van der Waals surface area contributed by atoms with Gasteiger partial charge < -0.3 is 11.5 Å². The van der Waals surface area contributed by atoms with Crippen LogP contribution in [0.1, 0.15) is 11.1 Å². The third kappa shape index (κ3) is 2.58. The van der Waals surface area contributed by atoms with Crippen molar-refractivity contribution in [3.8, 4) is 0 Å². The summed E-state index contributed by atoms with van der Waals surface area (Å²) in [5.41, 5.74) is 15.2. The number of para-hydroxylation sites is 2. The van der Waals surface area contributed by atoms with Crippen LogP contribution in [0.5, 0.6) is 0 Å². The molecule has 4 N–H and O–H groups in total. The molecular formula is C15H15N3. The van der Waals surface area contributed by atoms with Crippen LogP contribution in [0.3, 0.4) is 0 Å². The number of rotatable bonds is 3. The third-order valence-electron chi connectivity index (χ3n) is 2.59. The number of benzene rings is 2. The lowest BCUT2D eigenvalue weighted by molar-refractivity contribution is 1.50. The number of nitrogens with two attached hydrogens (primary N) is 2. The Morgan fingerprint density at radius 1 is 1.06 bits per heavy atom. The number of nitrogens with zero attached hydrogens (tertiary/aromatic N) is 1. The van der Waals surface area contributed by atoms with Crippen molar-refractivity contribution in [2.24, 2.45) is 10.7 Å². The van der Waals surface area contributed by atoms with Crippen molar-refractivity contribution in [1.82, 2.24) is 0 Å². The average molecular weight is 237 g/mol. The molecule has 0 aliphatic carbocycles. The highest BCUT2D eigenvalue weighted by Gasteiger charge is 2.03. The Morgan fingerprint density at radius 2 is 1.78 bits per heavy atom. The van der Waals surface area contributed by atoms with E-state index in [4.69, 9.17) is 11.5 Å². The number of anilines is 1. The predicted octanol–water partition coefficient (Wildman–Crippen LogP) is 2.95. The zero-order valence-corrected chi connectivity index (χ0v) is 10.0. The SMILES string of the molecule is C=C(N)c1cccc(C=Nc2ccccc2)c1N. The van der Waals surface area contributed by atoms with E-state index in [0.29, 0.717) is 11.4 Å². The Morgan fingerprint density at radius 3 is 2.44 bits per heavy atom. The standard InChI is InChI=1S/C15H15N3/c1-11(16)14-9-5-6-12(15(14)17)10-18-13-7-3-2-4-8-13/h2-10H,1,16-17H2. The first-order valence-electron chi connectivity index (χ1n) is 5.61. The molecule has 0 amide bonds. The maximum atomic E-state index is 6.02. The second kappa shape index (κ2) is 5.19. The van der Waals surface area contributed by atoms with Gasteiger partial charge in [-0.3, -0.25) is 4.99 Å². The lowest BCUT2D eigenvalue weighted by Crippen LogP contribution is -2.02. The van der Waals surface area contributed by atoms with E-state index in [1.165, 1.54) is 0 Å². The summed E-state index contributed by atoms with van der Waals surface area (Å²) in [6.45, 7) is 3.70. The second-order valence-corrected chi connectivity index (χ2v) is 3.93. The van der Waals surface area contributed by atoms with E-state index in [9.17, 15) is 0 Å². The van der Waals surface area contributed by atoms with Gasteiger partial charge in [0.2, 0.25) is 0 Å². The first-order valence-corrected chi connectivity index (χ1v) is 5.61. The Bertz CT molecular complexity index is 586. The quantitative estimate of drug-likeness (QED) is 0.636. The van der Waals surface area contributed by atoms with Crippen LogP contribution in [0, 0.1) is 0 Å². The molecule has 2 aromatic rings. The fourth-order valence-electron chi connectivity index (χ4n) is 1.63. The molecular weight excluding hydrogens is 222 g/mol. The highest BCUT2D eigenvalue weighted by atomic mass is 14.7. The summed E-state index contributed by atoms with van der Waals surface area (Å²) in [4.78, 5) is 4.36. The highest BCUT2D eigenvalue weighted by molar-refractivity contribution is 5.92. The molecule has 2 rings (SSSR count). The smallest absolute Gasteiger partial charge is 0.0629 e. The fraction of sp³-hybridized carbons (Fsp3) is 0. The van der Waals surface area contributed by atoms with Crippen molar-refractivity contribution in [3.05, 3.63) is 66.2 Å². The van der Waals surface area contributed by atoms with Crippen molar-refractivity contribution in [1.29, 1.82) is 0 Å². The number of hydrogen-bond donors (Lipinski definition) is 2. The lowest BCUT2D eigenvalue weighted by Gasteiger charge is -2.07. The maximum absolute atomic E-state index is 6.02. The van der Waals surface area contributed by atoms with Crippen LogP contribution in [0.15, 0.2) is 60.1 Å². The van der Waals surface area contributed by atoms with Gasteiger partial charge in [-0.05, 0) is 12.1 Å². The van der Waals surface area contributed by atoms with Crippen molar-refractivity contribution in [2.75, 3.05) is 5.73 Å². The van der Waals surface area contributed by atoms with E-state index < -0.39 is 0 Å². The van der Waals surface area contributed by atoms with Gasteiger partial charge in [-0.15, -0.1) is 0 Å². The molecule has 0 bridgehead atoms. The molecule has 18 heavy (non-hydrogen) atoms. The number of hydrogen-bond acceptors (Lipinski definition) is 3. The predicted molar refractivity (Wildman–Crippen MR) is 77.8 cm³/mol. The summed E-state index contributed by atoms with van der Waals surface area (Å²) in [5, 5.41) is 0. The van der Waals surface area contributed by atoms with Gasteiger partial charge in [-0.2, -0.15) is 0 Å². The van der Waals surface area contributed by atoms with E-state index in [2.05, 4.69) is 11.6 Å². The molecule has 0 aromatic heterocycles. The van der Waals surface area contributed by atoms with Crippen LogP contribution in [0.2, 0.25) is 0 Å². The number of aliphatic imine (C=N–C) groups is 1. The van der Waals surface area contributed by atoms with Crippen molar-refractivity contribution in [3.63, 3.8) is 0 Å². The van der Waals surface area contributed by atoms with Gasteiger partial charge >= 0.3 is 0 Å². The van der Waals surface area contributed by atoms with Crippen molar-refractivity contribution >= 4 is 23.3 Å². The van der Waals surface area contributed by atoms with Crippen molar-refractivity contribution in [2.45, 2.75) is 0 Å². The Balaban J connectivity index is 2.33. The van der Waals surface area contributed by atoms with Crippen LogP contribution >= 0.6 is 0 Å². The molecule has 2 aromatic carbocycles. The molecule has 0 aliphatic rings. The van der Waals surface area contributed by atoms with Gasteiger partial charge in [-0.25, -0.2) is 0 Å². The second-order valence-electron chi connectivity index (χ2n) is 3.93. The molecule has 0 saturated heterocycles. The van der Waals surface area contributed by atoms with E-state index in [-0.39, 0.29) is 0 Å². The lowest BCUT2D eigenvalue weighted by atomic mass is 10.1. The summed E-state index contributed by atoms with van der Waals surface area (Å²) >= 11 is 0. The molecule has 0 heterocycles. The molecule has 0 radical (unpaired) electrons. The van der Waals surface area contributed by atoms with E-state index >= 15 is 0 Å². The van der Waals surface area contributed by atoms with E-state index in [1.807, 2.05) is 48.5 Å². The molecule has 90 valence electrons. The van der Waals surface area contributed by atoms with Crippen LogP contribution in [0.25, 0.3) is 5.70 Å². The van der Waals surface area contributed by atoms with Crippen molar-refractivity contribution < 1.29 is 0 Å². The molecule has 3 nitrogen and oxygen atoms in total. The third-order valence-corrected chi connectivity index (χ3v) is 2.59. The Kier molecular flexibility index (Phi) is 3.44. The zero-order valence-electron chi connectivity index (χ0n) is 10.0. The molecule has 0 saturated carbocycles. The largest absolute Gasteiger partial charge is 0.399 e. The molecule has 0 aliphatic heterocycles. The zero-order chi connectivity index (χ0) is 13.0. The normalized spacial score (nSPS) is 10.7. The molecule has 0 spiro atoms. The highest BCUT2D eigenvalue weighted by Crippen LogP contribution is 2.20. The van der Waals surface area contributed by atoms with Gasteiger partial charge in [0.05, 0.1) is 5.69 Å². The summed E-state index contributed by atoms with van der Waals surface area (Å²) in [5.74, 6) is 0. The van der Waals surface area contributed by atoms with Gasteiger partial charge in [0.25, 0.3) is 0 Å². The number of nitrogen functional groups attached to an aromatic ring is 1. The average Bonchev–Trinajstić information content (AvgIpc) is 2.38. The van der Waals surface area contributed by atoms with Crippen LogP contribution in [-0.2, 0) is 0 Å². The van der Waals surface area contributed by atoms with Crippen LogP contribution in [0.4, 0.5) is 11.4 Å².